The van der Waals surface area contributed by atoms with E-state index >= 15 is 0 Å². The minimum Gasteiger partial charge on any atom is -0.468 e. The number of rotatable bonds is 12. The van der Waals surface area contributed by atoms with E-state index in [4.69, 9.17) is 4.74 Å². The Morgan fingerprint density at radius 2 is 1.85 bits per heavy atom. The van der Waals surface area contributed by atoms with E-state index in [9.17, 15) is 19.8 Å². The van der Waals surface area contributed by atoms with Gasteiger partial charge in [-0.25, -0.2) is 0 Å². The summed E-state index contributed by atoms with van der Waals surface area (Å²) in [7, 11) is 1.30. The van der Waals surface area contributed by atoms with E-state index in [1.807, 2.05) is 0 Å². The smallest absolute Gasteiger partial charge is 0.325 e. The Balaban J connectivity index is 1.48. The molecule has 3 rings (SSSR count). The fourth-order valence-corrected chi connectivity index (χ4v) is 6.83. The Hall–Kier alpha value is -1.18. The summed E-state index contributed by atoms with van der Waals surface area (Å²) in [5.41, 5.74) is 0. The summed E-state index contributed by atoms with van der Waals surface area (Å²) < 4.78 is 10.6. The van der Waals surface area contributed by atoms with E-state index in [0.29, 0.717) is 29.6 Å². The molecular formula is C26H45NO6. The lowest BCUT2D eigenvalue weighted by Gasteiger charge is -2.46. The number of ether oxygens (including phenoxy) is 2. The number of unbranched alkanes of at least 4 members (excludes halogenated alkanes) is 2. The molecule has 1 amide bonds. The van der Waals surface area contributed by atoms with Crippen molar-refractivity contribution >= 4 is 11.9 Å². The van der Waals surface area contributed by atoms with Gasteiger partial charge in [-0.3, -0.25) is 9.59 Å². The molecule has 0 radical (unpaired) electrons. The summed E-state index contributed by atoms with van der Waals surface area (Å²) >= 11 is 0. The Labute approximate surface area is 199 Å². The molecule has 0 spiro atoms. The van der Waals surface area contributed by atoms with E-state index in [-0.39, 0.29) is 37.4 Å². The molecule has 7 heteroatoms. The number of hydrogen-bond acceptors (Lipinski definition) is 6. The quantitative estimate of drug-likeness (QED) is 0.301. The number of carbonyl (C=O) groups is 2. The first-order valence-electron chi connectivity index (χ1n) is 13.2. The number of nitrogens with one attached hydrogen (secondary N) is 1. The van der Waals surface area contributed by atoms with Crippen molar-refractivity contribution in [2.75, 3.05) is 20.3 Å². The van der Waals surface area contributed by atoms with E-state index in [1.54, 1.807) is 0 Å². The first-order valence-corrected chi connectivity index (χ1v) is 13.2. The molecule has 3 fully saturated rings. The molecule has 3 N–H and O–H groups in total. The van der Waals surface area contributed by atoms with Gasteiger partial charge in [-0.2, -0.15) is 0 Å². The number of fused-ring (bicyclic) bond motifs is 2. The van der Waals surface area contributed by atoms with Gasteiger partial charge in [-0.15, -0.1) is 0 Å². The Kier molecular flexibility index (Phi) is 10.5. The van der Waals surface area contributed by atoms with Crippen LogP contribution in [-0.2, 0) is 19.1 Å². The molecule has 0 aromatic heterocycles. The van der Waals surface area contributed by atoms with Gasteiger partial charge >= 0.3 is 5.97 Å². The predicted molar refractivity (Wildman–Crippen MR) is 125 cm³/mol. The highest BCUT2D eigenvalue weighted by atomic mass is 16.5. The molecule has 0 aromatic carbocycles. The summed E-state index contributed by atoms with van der Waals surface area (Å²) in [6.07, 6.45) is 11.9. The molecule has 33 heavy (non-hydrogen) atoms. The van der Waals surface area contributed by atoms with Crippen LogP contribution in [0.4, 0.5) is 0 Å². The van der Waals surface area contributed by atoms with Crippen LogP contribution in [0.15, 0.2) is 0 Å². The number of hydrogen-bond donors (Lipinski definition) is 3. The standard InChI is InChI=1S/C26H45NO6/c1-3-4-5-8-19(28)10-11-20-21-12-17-7-6-9-24(22(17)13-18(21)14-23(20)29)33-16-25(30)27-15-26(31)32-2/h17-24,28-29H,3-16H2,1-2H3,(H,27,30)/t17?,18-,19?,20+,21-,22?,23+,24?/m0/s1. The molecule has 0 bridgehead atoms. The average Bonchev–Trinajstić information content (AvgIpc) is 3.12. The third-order valence-electron chi connectivity index (χ3n) is 8.55. The number of carbonyl (C=O) groups excluding carboxylic acids is 2. The molecule has 7 nitrogen and oxygen atoms in total. The first-order chi connectivity index (χ1) is 15.9. The summed E-state index contributed by atoms with van der Waals surface area (Å²) in [4.78, 5) is 23.2. The van der Waals surface area contributed by atoms with Crippen LogP contribution in [0.2, 0.25) is 0 Å². The van der Waals surface area contributed by atoms with Crippen LogP contribution in [0.5, 0.6) is 0 Å². The lowest BCUT2D eigenvalue weighted by molar-refractivity contribution is -0.142. The number of aliphatic hydroxyl groups is 2. The van der Waals surface area contributed by atoms with Crippen LogP contribution < -0.4 is 5.32 Å². The SMILES string of the molecule is CCCCCC(O)CC[C@@H]1[C@H]2CC3CCCC(OCC(=O)NCC(=O)OC)C3C[C@H]2C[C@H]1O. The first kappa shape index (κ1) is 26.4. The van der Waals surface area contributed by atoms with Crippen LogP contribution in [0, 0.1) is 29.6 Å². The van der Waals surface area contributed by atoms with E-state index in [0.717, 1.165) is 57.8 Å². The van der Waals surface area contributed by atoms with Crippen LogP contribution in [0.25, 0.3) is 0 Å². The second-order valence-corrected chi connectivity index (χ2v) is 10.6. The largest absolute Gasteiger partial charge is 0.468 e. The highest BCUT2D eigenvalue weighted by Crippen LogP contribution is 2.54. The Morgan fingerprint density at radius 1 is 1.06 bits per heavy atom. The molecule has 0 heterocycles. The lowest BCUT2D eigenvalue weighted by atomic mass is 9.61. The maximum absolute atomic E-state index is 12.0. The normalized spacial score (nSPS) is 34.2. The van der Waals surface area contributed by atoms with Gasteiger partial charge in [0.15, 0.2) is 0 Å². The number of amides is 1. The maximum atomic E-state index is 12.0. The molecular weight excluding hydrogens is 422 g/mol. The van der Waals surface area contributed by atoms with Gasteiger partial charge in [0.25, 0.3) is 0 Å². The van der Waals surface area contributed by atoms with Gasteiger partial charge in [0.2, 0.25) is 5.91 Å². The van der Waals surface area contributed by atoms with Crippen molar-refractivity contribution in [3.63, 3.8) is 0 Å². The molecule has 3 aliphatic carbocycles. The highest BCUT2D eigenvalue weighted by molar-refractivity contribution is 5.82. The summed E-state index contributed by atoms with van der Waals surface area (Å²) in [5, 5.41) is 23.8. The fraction of sp³-hybridized carbons (Fsp3) is 0.923. The molecule has 0 aromatic rings. The molecule has 3 saturated carbocycles. The minimum atomic E-state index is -0.470. The van der Waals surface area contributed by atoms with Crippen molar-refractivity contribution in [1.29, 1.82) is 0 Å². The average molecular weight is 468 g/mol. The lowest BCUT2D eigenvalue weighted by Crippen LogP contribution is -2.43. The Bertz CT molecular complexity index is 628. The Morgan fingerprint density at radius 3 is 2.61 bits per heavy atom. The van der Waals surface area contributed by atoms with Crippen molar-refractivity contribution in [1.82, 2.24) is 5.32 Å². The van der Waals surface area contributed by atoms with Crippen molar-refractivity contribution < 1.29 is 29.3 Å². The summed E-state index contributed by atoms with van der Waals surface area (Å²) in [5.74, 6) is 1.64. The number of aliphatic hydroxyl groups excluding tert-OH is 2. The van der Waals surface area contributed by atoms with Gasteiger partial charge in [-0.1, -0.05) is 32.6 Å². The van der Waals surface area contributed by atoms with Crippen LogP contribution in [-0.4, -0.2) is 60.7 Å². The fourth-order valence-electron chi connectivity index (χ4n) is 6.83. The van der Waals surface area contributed by atoms with Crippen LogP contribution >= 0.6 is 0 Å². The predicted octanol–water partition coefficient (Wildman–Crippen LogP) is 3.21. The maximum Gasteiger partial charge on any atom is 0.325 e. The van der Waals surface area contributed by atoms with Gasteiger partial charge in [0.05, 0.1) is 25.4 Å². The zero-order chi connectivity index (χ0) is 23.8. The van der Waals surface area contributed by atoms with E-state index < -0.39 is 5.97 Å². The van der Waals surface area contributed by atoms with Crippen LogP contribution in [0.1, 0.15) is 84.0 Å². The third kappa shape index (κ3) is 7.40. The van der Waals surface area contributed by atoms with Crippen LogP contribution in [0.3, 0.4) is 0 Å². The molecule has 3 aliphatic rings. The zero-order valence-corrected chi connectivity index (χ0v) is 20.5. The van der Waals surface area contributed by atoms with E-state index in [1.165, 1.54) is 26.4 Å². The van der Waals surface area contributed by atoms with Crippen molar-refractivity contribution in [3.05, 3.63) is 0 Å². The van der Waals surface area contributed by atoms with E-state index in [2.05, 4.69) is 17.0 Å². The van der Waals surface area contributed by atoms with Gasteiger partial charge in [0.1, 0.15) is 13.2 Å². The van der Waals surface area contributed by atoms with Crippen molar-refractivity contribution in [2.45, 2.75) is 102 Å². The number of esters is 1. The van der Waals surface area contributed by atoms with Gasteiger partial charge in [0, 0.05) is 0 Å². The second kappa shape index (κ2) is 13.1. The molecule has 8 atom stereocenters. The van der Waals surface area contributed by atoms with Gasteiger partial charge < -0.3 is 25.0 Å². The molecule has 0 saturated heterocycles. The topological polar surface area (TPSA) is 105 Å². The zero-order valence-electron chi connectivity index (χ0n) is 20.5. The third-order valence-corrected chi connectivity index (χ3v) is 8.55. The minimum absolute atomic E-state index is 0.0276. The molecule has 4 unspecified atom stereocenters. The van der Waals surface area contributed by atoms with Gasteiger partial charge in [-0.05, 0) is 81.0 Å². The summed E-state index contributed by atoms with van der Waals surface area (Å²) in [6, 6.07) is 0. The molecule has 0 aliphatic heterocycles. The van der Waals surface area contributed by atoms with Crippen molar-refractivity contribution in [3.8, 4) is 0 Å². The number of methoxy groups -OCH3 is 1. The molecule has 190 valence electrons. The second-order valence-electron chi connectivity index (χ2n) is 10.6. The highest BCUT2D eigenvalue weighted by Gasteiger charge is 2.50. The van der Waals surface area contributed by atoms with Crippen molar-refractivity contribution in [2.24, 2.45) is 29.6 Å². The summed E-state index contributed by atoms with van der Waals surface area (Å²) in [6.45, 7) is 2.02. The monoisotopic (exact) mass is 467 g/mol.